The van der Waals surface area contributed by atoms with Gasteiger partial charge >= 0.3 is 0 Å². The van der Waals surface area contributed by atoms with Crippen molar-refractivity contribution in [2.24, 2.45) is 0 Å². The molecule has 2 aliphatic heterocycles. The zero-order chi connectivity index (χ0) is 28.7. The number of anilines is 1. The van der Waals surface area contributed by atoms with E-state index >= 15 is 0 Å². The first kappa shape index (κ1) is 26.8. The summed E-state index contributed by atoms with van der Waals surface area (Å²) >= 11 is 12.7. The van der Waals surface area contributed by atoms with Crippen LogP contribution in [0.3, 0.4) is 0 Å². The van der Waals surface area contributed by atoms with Crippen LogP contribution in [0.4, 0.5) is 5.69 Å². The van der Waals surface area contributed by atoms with Crippen LogP contribution in [0.15, 0.2) is 84.9 Å². The number of hydrogen-bond acceptors (Lipinski definition) is 4. The number of carbonyl (C=O) groups excluding carboxylic acids is 2. The summed E-state index contributed by atoms with van der Waals surface area (Å²) in [7, 11) is 1.59. The molecule has 4 aromatic rings. The van der Waals surface area contributed by atoms with Gasteiger partial charge in [0, 0.05) is 39.2 Å². The highest BCUT2D eigenvalue weighted by molar-refractivity contribution is 6.31. The van der Waals surface area contributed by atoms with Gasteiger partial charge in [-0.05, 0) is 77.9 Å². The van der Waals surface area contributed by atoms with Crippen molar-refractivity contribution < 1.29 is 19.1 Å². The third-order valence-electron chi connectivity index (χ3n) is 7.78. The Labute approximate surface area is 247 Å². The van der Waals surface area contributed by atoms with Crippen LogP contribution in [0.2, 0.25) is 10.0 Å². The third kappa shape index (κ3) is 4.58. The number of piperidine rings is 1. The molecule has 2 N–H and O–H groups in total. The lowest BCUT2D eigenvalue weighted by Crippen LogP contribution is -2.56. The number of rotatable bonds is 5. The van der Waals surface area contributed by atoms with Crippen LogP contribution in [0.5, 0.6) is 17.2 Å². The summed E-state index contributed by atoms with van der Waals surface area (Å²) in [4.78, 5) is 27.8. The van der Waals surface area contributed by atoms with Crippen molar-refractivity contribution in [2.75, 3.05) is 12.4 Å². The lowest BCUT2D eigenvalue weighted by Gasteiger charge is -2.46. The smallest absolute Gasteiger partial charge is 0.238 e. The van der Waals surface area contributed by atoms with Crippen LogP contribution in [-0.4, -0.2) is 18.9 Å². The maximum atomic E-state index is 14.3. The Morgan fingerprint density at radius 1 is 0.927 bits per heavy atom. The molecule has 204 valence electrons. The average Bonchev–Trinajstić information content (AvgIpc) is 3.25. The van der Waals surface area contributed by atoms with E-state index in [4.69, 9.17) is 39.1 Å². The number of terminal acetylenes is 1. The zero-order valence-electron chi connectivity index (χ0n) is 21.9. The molecule has 0 aliphatic carbocycles. The second kappa shape index (κ2) is 10.5. The molecule has 0 bridgehead atoms. The molecule has 2 heterocycles. The van der Waals surface area contributed by atoms with Crippen molar-refractivity contribution in [3.05, 3.63) is 117 Å². The minimum atomic E-state index is -1.27. The molecular weight excluding hydrogens is 559 g/mol. The largest absolute Gasteiger partial charge is 0.497 e. The van der Waals surface area contributed by atoms with Gasteiger partial charge in [0.05, 0.1) is 13.2 Å². The van der Waals surface area contributed by atoms with Gasteiger partial charge in [-0.25, -0.2) is 0 Å². The number of amides is 2. The van der Waals surface area contributed by atoms with Crippen molar-refractivity contribution in [1.29, 1.82) is 0 Å². The Kier molecular flexibility index (Phi) is 6.86. The van der Waals surface area contributed by atoms with Crippen LogP contribution in [-0.2, 0) is 15.0 Å². The molecule has 1 spiro atoms. The van der Waals surface area contributed by atoms with Crippen LogP contribution < -0.4 is 20.1 Å². The number of methoxy groups -OCH3 is 1. The van der Waals surface area contributed by atoms with Crippen LogP contribution in [0.25, 0.3) is 0 Å². The van der Waals surface area contributed by atoms with Gasteiger partial charge < -0.3 is 20.1 Å². The van der Waals surface area contributed by atoms with Crippen molar-refractivity contribution in [2.45, 2.75) is 23.8 Å². The molecule has 41 heavy (non-hydrogen) atoms. The molecule has 6 rings (SSSR count). The molecule has 3 atom stereocenters. The molecule has 0 saturated carbocycles. The molecule has 8 heteroatoms. The van der Waals surface area contributed by atoms with E-state index in [1.54, 1.807) is 73.8 Å². The van der Waals surface area contributed by atoms with E-state index in [2.05, 4.69) is 16.6 Å². The van der Waals surface area contributed by atoms with E-state index < -0.39 is 17.4 Å². The maximum absolute atomic E-state index is 14.3. The lowest BCUT2D eigenvalue weighted by atomic mass is 9.59. The first-order chi connectivity index (χ1) is 19.8. The maximum Gasteiger partial charge on any atom is 0.238 e. The van der Waals surface area contributed by atoms with E-state index in [0.29, 0.717) is 49.7 Å². The number of fused-ring (bicyclic) bond motifs is 2. The van der Waals surface area contributed by atoms with Gasteiger partial charge in [-0.15, -0.1) is 6.42 Å². The van der Waals surface area contributed by atoms with Gasteiger partial charge in [0.1, 0.15) is 22.7 Å². The number of nitrogens with one attached hydrogen (secondary N) is 2. The molecule has 6 nitrogen and oxygen atoms in total. The van der Waals surface area contributed by atoms with E-state index in [1.807, 2.05) is 18.2 Å². The van der Waals surface area contributed by atoms with E-state index in [-0.39, 0.29) is 18.2 Å². The minimum Gasteiger partial charge on any atom is -0.497 e. The van der Waals surface area contributed by atoms with Gasteiger partial charge in [-0.3, -0.25) is 9.59 Å². The summed E-state index contributed by atoms with van der Waals surface area (Å²) in [6, 6.07) is 24.2. The molecule has 1 saturated heterocycles. The SMILES string of the molecule is C#Cc1ccc(Oc2ccc(OC)cc2)c([C@@H]2NC(=O)C[C@H](c3cccc(Cl)c3)[C@@]23C(=O)Nc2cc(Cl)ccc23)c1. The number of halogens is 2. The Hall–Kier alpha value is -4.44. The highest BCUT2D eigenvalue weighted by Gasteiger charge is 2.61. The van der Waals surface area contributed by atoms with E-state index in [9.17, 15) is 9.59 Å². The van der Waals surface area contributed by atoms with Crippen LogP contribution in [0, 0.1) is 12.3 Å². The van der Waals surface area contributed by atoms with Gasteiger partial charge in [0.2, 0.25) is 11.8 Å². The number of carbonyl (C=O) groups is 2. The standard InChI is InChI=1S/C33H24Cl2N2O4/c1-3-19-7-14-29(41-24-11-9-23(40-2)10-12-24)25(15-19)31-33(26-13-8-22(35)17-28(26)36-32(33)39)27(18-30(38)37-31)20-5-4-6-21(34)16-20/h1,4-17,27,31H,18H2,2H3,(H,36,39)(H,37,38)/t27-,31+,33-/m1/s1. The van der Waals surface area contributed by atoms with E-state index in [1.165, 1.54) is 0 Å². The lowest BCUT2D eigenvalue weighted by molar-refractivity contribution is -0.131. The first-order valence-corrected chi connectivity index (χ1v) is 13.7. The highest BCUT2D eigenvalue weighted by Crippen LogP contribution is 2.58. The predicted molar refractivity (Wildman–Crippen MR) is 159 cm³/mol. The number of hydrogen-bond donors (Lipinski definition) is 2. The summed E-state index contributed by atoms with van der Waals surface area (Å²) in [5.74, 6) is 3.29. The average molecular weight is 583 g/mol. The van der Waals surface area contributed by atoms with E-state index in [0.717, 1.165) is 5.56 Å². The second-order valence-electron chi connectivity index (χ2n) is 10.00. The molecule has 0 aromatic heterocycles. The van der Waals surface area contributed by atoms with Gasteiger partial charge in [-0.1, -0.05) is 47.3 Å². The van der Waals surface area contributed by atoms with Gasteiger partial charge in [0.15, 0.2) is 0 Å². The zero-order valence-corrected chi connectivity index (χ0v) is 23.4. The Bertz CT molecular complexity index is 1730. The summed E-state index contributed by atoms with van der Waals surface area (Å²) in [5.41, 5.74) is 1.93. The minimum absolute atomic E-state index is 0.0653. The first-order valence-electron chi connectivity index (χ1n) is 12.9. The monoisotopic (exact) mass is 582 g/mol. The van der Waals surface area contributed by atoms with Crippen molar-refractivity contribution >= 4 is 40.7 Å². The molecule has 4 aromatic carbocycles. The summed E-state index contributed by atoms with van der Waals surface area (Å²) < 4.78 is 11.6. The quantitative estimate of drug-likeness (QED) is 0.248. The fourth-order valence-corrected chi connectivity index (χ4v) is 6.37. The van der Waals surface area contributed by atoms with Gasteiger partial charge in [-0.2, -0.15) is 0 Å². The summed E-state index contributed by atoms with van der Waals surface area (Å²) in [5, 5.41) is 7.15. The number of ether oxygens (including phenoxy) is 2. The molecule has 0 radical (unpaired) electrons. The summed E-state index contributed by atoms with van der Waals surface area (Å²) in [6.45, 7) is 0. The molecule has 2 aliphatic rings. The molecule has 1 fully saturated rings. The fraction of sp³-hybridized carbons (Fsp3) is 0.152. The second-order valence-corrected chi connectivity index (χ2v) is 10.9. The molecular formula is C33H24Cl2N2O4. The van der Waals surface area contributed by atoms with Crippen LogP contribution in [0.1, 0.15) is 40.6 Å². The Morgan fingerprint density at radius 2 is 1.68 bits per heavy atom. The third-order valence-corrected chi connectivity index (χ3v) is 8.25. The van der Waals surface area contributed by atoms with Crippen molar-refractivity contribution in [3.63, 3.8) is 0 Å². The summed E-state index contributed by atoms with van der Waals surface area (Å²) in [6.07, 6.45) is 5.88. The van der Waals surface area contributed by atoms with Crippen molar-refractivity contribution in [1.82, 2.24) is 5.32 Å². The fourth-order valence-electron chi connectivity index (χ4n) is 6.00. The Balaban J connectivity index is 1.59. The molecule has 0 unspecified atom stereocenters. The van der Waals surface area contributed by atoms with Gasteiger partial charge in [0.25, 0.3) is 0 Å². The van der Waals surface area contributed by atoms with Crippen molar-refractivity contribution in [3.8, 4) is 29.6 Å². The number of benzene rings is 4. The predicted octanol–water partition coefficient (Wildman–Crippen LogP) is 7.01. The highest BCUT2D eigenvalue weighted by atomic mass is 35.5. The Morgan fingerprint density at radius 3 is 2.41 bits per heavy atom. The molecule has 2 amide bonds. The normalized spacial score (nSPS) is 21.0. The van der Waals surface area contributed by atoms with Crippen LogP contribution >= 0.6 is 23.2 Å². The topological polar surface area (TPSA) is 76.7 Å².